The van der Waals surface area contributed by atoms with E-state index < -0.39 is 23.7 Å². The van der Waals surface area contributed by atoms with Gasteiger partial charge in [-0.2, -0.15) is 13.2 Å². The Labute approximate surface area is 95.1 Å². The topological polar surface area (TPSA) is 21.8 Å². The van der Waals surface area contributed by atoms with Crippen LogP contribution in [0.1, 0.15) is 11.7 Å². The molecule has 0 spiro atoms. The van der Waals surface area contributed by atoms with E-state index in [9.17, 15) is 17.6 Å². The summed E-state index contributed by atoms with van der Waals surface area (Å²) < 4.78 is 60.9. The smallest absolute Gasteiger partial charge is 0.371 e. The predicted octanol–water partition coefficient (Wildman–Crippen LogP) is 2.84. The second-order valence-corrected chi connectivity index (χ2v) is 3.73. The lowest BCUT2D eigenvalue weighted by Crippen LogP contribution is -2.26. The molecule has 1 aliphatic rings. The van der Waals surface area contributed by atoms with E-state index in [0.29, 0.717) is 6.61 Å². The van der Waals surface area contributed by atoms with Crippen molar-refractivity contribution in [2.45, 2.75) is 18.4 Å². The summed E-state index contributed by atoms with van der Waals surface area (Å²) in [6.45, 7) is 0.209. The van der Waals surface area contributed by atoms with Crippen LogP contribution in [0.25, 0.3) is 0 Å². The molecular weight excluding hydrogens is 240 g/mol. The Morgan fingerprint density at radius 3 is 2.53 bits per heavy atom. The third-order valence-corrected chi connectivity index (χ3v) is 2.34. The molecule has 94 valence electrons. The molecule has 0 bridgehead atoms. The Kier molecular flexibility index (Phi) is 3.35. The van der Waals surface area contributed by atoms with E-state index in [4.69, 9.17) is 9.47 Å². The average Bonchev–Trinajstić information content (AvgIpc) is 3.03. The fourth-order valence-electron chi connectivity index (χ4n) is 1.42. The molecule has 2 atom stereocenters. The molecule has 1 saturated heterocycles. The van der Waals surface area contributed by atoms with E-state index in [1.807, 2.05) is 0 Å². The van der Waals surface area contributed by atoms with Gasteiger partial charge in [0, 0.05) is 5.56 Å². The fourth-order valence-corrected chi connectivity index (χ4v) is 1.42. The molecule has 1 aromatic rings. The summed E-state index contributed by atoms with van der Waals surface area (Å²) in [6, 6.07) is 4.72. The molecule has 2 nitrogen and oxygen atoms in total. The minimum absolute atomic E-state index is 0.182. The monoisotopic (exact) mass is 250 g/mol. The van der Waals surface area contributed by atoms with Gasteiger partial charge in [-0.3, -0.25) is 0 Å². The average molecular weight is 250 g/mol. The maximum atomic E-state index is 13.3. The summed E-state index contributed by atoms with van der Waals surface area (Å²) in [7, 11) is 0. The Morgan fingerprint density at radius 1 is 1.35 bits per heavy atom. The second kappa shape index (κ2) is 4.62. The van der Waals surface area contributed by atoms with Crippen molar-refractivity contribution in [1.82, 2.24) is 0 Å². The molecule has 0 aliphatic carbocycles. The molecule has 1 aromatic carbocycles. The molecule has 0 radical (unpaired) electrons. The van der Waals surface area contributed by atoms with Crippen molar-refractivity contribution >= 4 is 0 Å². The van der Waals surface area contributed by atoms with Crippen LogP contribution in [0.2, 0.25) is 0 Å². The Morgan fingerprint density at radius 2 is 2.00 bits per heavy atom. The van der Waals surface area contributed by atoms with Gasteiger partial charge in [-0.1, -0.05) is 18.2 Å². The summed E-state index contributed by atoms with van der Waals surface area (Å²) in [5, 5.41) is 0. The number of halogens is 4. The van der Waals surface area contributed by atoms with Gasteiger partial charge in [-0.05, 0) is 6.07 Å². The second-order valence-electron chi connectivity index (χ2n) is 3.73. The zero-order chi connectivity index (χ0) is 12.5. The minimum Gasteiger partial charge on any atom is -0.371 e. The van der Waals surface area contributed by atoms with Crippen LogP contribution in [0.15, 0.2) is 24.3 Å². The highest BCUT2D eigenvalue weighted by molar-refractivity contribution is 5.21. The van der Waals surface area contributed by atoms with Crippen molar-refractivity contribution in [2.75, 3.05) is 13.2 Å². The quantitative estimate of drug-likeness (QED) is 0.605. The third kappa shape index (κ3) is 3.17. The Balaban J connectivity index is 2.16. The number of benzene rings is 1. The van der Waals surface area contributed by atoms with Crippen molar-refractivity contribution in [3.63, 3.8) is 0 Å². The number of hydrogen-bond donors (Lipinski definition) is 0. The third-order valence-electron chi connectivity index (χ3n) is 2.34. The van der Waals surface area contributed by atoms with Gasteiger partial charge in [0.05, 0.1) is 13.2 Å². The fraction of sp³-hybridized carbons (Fsp3) is 0.455. The van der Waals surface area contributed by atoms with Crippen LogP contribution in [0.5, 0.6) is 0 Å². The molecule has 2 rings (SSSR count). The zero-order valence-corrected chi connectivity index (χ0v) is 8.71. The molecule has 0 amide bonds. The highest BCUT2D eigenvalue weighted by atomic mass is 19.4. The molecule has 1 fully saturated rings. The number of ether oxygens (including phenoxy) is 2. The SMILES string of the molecule is Fc1ccccc1[C@@H](OC[C@@H]1CO1)C(F)(F)F. The van der Waals surface area contributed by atoms with Gasteiger partial charge in [0.1, 0.15) is 11.9 Å². The molecule has 17 heavy (non-hydrogen) atoms. The van der Waals surface area contributed by atoms with Crippen LogP contribution < -0.4 is 0 Å². The first kappa shape index (κ1) is 12.3. The standard InChI is InChI=1S/C11H10F4O2/c12-9-4-2-1-3-8(9)10(11(13,14)15)17-6-7-5-16-7/h1-4,7,10H,5-6H2/t7-,10+/m0/s1. The first-order valence-corrected chi connectivity index (χ1v) is 5.03. The maximum Gasteiger partial charge on any atom is 0.418 e. The molecular formula is C11H10F4O2. The number of epoxide rings is 1. The summed E-state index contributed by atoms with van der Waals surface area (Å²) in [6.07, 6.45) is -7.18. The first-order chi connectivity index (χ1) is 7.98. The zero-order valence-electron chi connectivity index (χ0n) is 8.71. The van der Waals surface area contributed by atoms with Gasteiger partial charge < -0.3 is 9.47 Å². The number of rotatable bonds is 4. The Hall–Kier alpha value is -1.14. The van der Waals surface area contributed by atoms with Gasteiger partial charge in [0.15, 0.2) is 6.10 Å². The van der Waals surface area contributed by atoms with Crippen LogP contribution in [-0.2, 0) is 9.47 Å². The van der Waals surface area contributed by atoms with E-state index in [2.05, 4.69) is 0 Å². The van der Waals surface area contributed by atoms with Crippen LogP contribution in [-0.4, -0.2) is 25.5 Å². The largest absolute Gasteiger partial charge is 0.418 e. The predicted molar refractivity (Wildman–Crippen MR) is 50.9 cm³/mol. The molecule has 1 aliphatic heterocycles. The van der Waals surface area contributed by atoms with E-state index in [0.717, 1.165) is 12.1 Å². The first-order valence-electron chi connectivity index (χ1n) is 5.03. The number of hydrogen-bond acceptors (Lipinski definition) is 2. The van der Waals surface area contributed by atoms with E-state index in [1.165, 1.54) is 12.1 Å². The van der Waals surface area contributed by atoms with Crippen molar-refractivity contribution < 1.29 is 27.0 Å². The van der Waals surface area contributed by atoms with Crippen molar-refractivity contribution in [3.8, 4) is 0 Å². The highest BCUT2D eigenvalue weighted by Crippen LogP contribution is 2.37. The van der Waals surface area contributed by atoms with Crippen LogP contribution in [0.3, 0.4) is 0 Å². The normalized spacial score (nSPS) is 21.3. The molecule has 0 unspecified atom stereocenters. The van der Waals surface area contributed by atoms with E-state index in [-0.39, 0.29) is 12.7 Å². The van der Waals surface area contributed by atoms with Gasteiger partial charge >= 0.3 is 6.18 Å². The maximum absolute atomic E-state index is 13.3. The van der Waals surface area contributed by atoms with Gasteiger partial charge in [-0.15, -0.1) is 0 Å². The van der Waals surface area contributed by atoms with Crippen LogP contribution >= 0.6 is 0 Å². The minimum atomic E-state index is -4.64. The molecule has 1 heterocycles. The lowest BCUT2D eigenvalue weighted by Gasteiger charge is -2.21. The van der Waals surface area contributed by atoms with Crippen molar-refractivity contribution in [3.05, 3.63) is 35.6 Å². The number of alkyl halides is 3. The summed E-state index contributed by atoms with van der Waals surface area (Å²) >= 11 is 0. The Bertz CT molecular complexity index is 387. The molecule has 0 N–H and O–H groups in total. The molecule has 6 heteroatoms. The van der Waals surface area contributed by atoms with E-state index >= 15 is 0 Å². The van der Waals surface area contributed by atoms with Gasteiger partial charge in [0.2, 0.25) is 0 Å². The highest BCUT2D eigenvalue weighted by Gasteiger charge is 2.44. The van der Waals surface area contributed by atoms with Crippen molar-refractivity contribution in [2.24, 2.45) is 0 Å². The summed E-state index contributed by atoms with van der Waals surface area (Å²) in [5.41, 5.74) is -0.499. The summed E-state index contributed by atoms with van der Waals surface area (Å²) in [4.78, 5) is 0. The van der Waals surface area contributed by atoms with Crippen LogP contribution in [0, 0.1) is 5.82 Å². The molecule has 0 saturated carbocycles. The molecule has 0 aromatic heterocycles. The van der Waals surface area contributed by atoms with E-state index in [1.54, 1.807) is 0 Å². The summed E-state index contributed by atoms with van der Waals surface area (Å²) in [5.74, 6) is -0.924. The van der Waals surface area contributed by atoms with Crippen LogP contribution in [0.4, 0.5) is 17.6 Å². The van der Waals surface area contributed by atoms with Crippen molar-refractivity contribution in [1.29, 1.82) is 0 Å². The lowest BCUT2D eigenvalue weighted by molar-refractivity contribution is -0.225. The van der Waals surface area contributed by atoms with Gasteiger partial charge in [0.25, 0.3) is 0 Å². The lowest BCUT2D eigenvalue weighted by atomic mass is 10.1. The van der Waals surface area contributed by atoms with Gasteiger partial charge in [-0.25, -0.2) is 4.39 Å².